The number of ether oxygens (including phenoxy) is 1. The molecular formula is C24H21N3O3S. The zero-order valence-electron chi connectivity index (χ0n) is 17.0. The van der Waals surface area contributed by atoms with E-state index in [0.29, 0.717) is 23.1 Å². The lowest BCUT2D eigenvalue weighted by Gasteiger charge is -2.12. The summed E-state index contributed by atoms with van der Waals surface area (Å²) in [6, 6.07) is 21.6. The maximum Gasteiger partial charge on any atom is 0.263 e. The molecule has 1 aromatic heterocycles. The molecule has 0 fully saturated rings. The molecule has 1 aliphatic rings. The van der Waals surface area contributed by atoms with E-state index in [1.807, 2.05) is 73.7 Å². The summed E-state index contributed by atoms with van der Waals surface area (Å²) in [4.78, 5) is 12.7. The molecule has 156 valence electrons. The normalized spacial score (nSPS) is 15.1. The SMILES string of the molecule is Cc1ccc(-n2nc3c(c2NC(=O)COc2ccc4ccccc4c2)C[S@@](=O)C3)cc1. The van der Waals surface area contributed by atoms with Crippen LogP contribution >= 0.6 is 0 Å². The highest BCUT2D eigenvalue weighted by Gasteiger charge is 2.28. The third-order valence-corrected chi connectivity index (χ3v) is 6.50. The van der Waals surface area contributed by atoms with Gasteiger partial charge in [0.15, 0.2) is 6.61 Å². The number of benzene rings is 3. The molecule has 5 rings (SSSR count). The Morgan fingerprint density at radius 1 is 1.06 bits per heavy atom. The van der Waals surface area contributed by atoms with Crippen LogP contribution in [0.3, 0.4) is 0 Å². The number of carbonyl (C=O) groups excluding carboxylic acids is 1. The van der Waals surface area contributed by atoms with Crippen molar-refractivity contribution in [2.45, 2.75) is 18.4 Å². The van der Waals surface area contributed by atoms with E-state index in [4.69, 9.17) is 4.74 Å². The smallest absolute Gasteiger partial charge is 0.263 e. The van der Waals surface area contributed by atoms with Crippen molar-refractivity contribution in [3.63, 3.8) is 0 Å². The number of fused-ring (bicyclic) bond motifs is 2. The molecule has 0 bridgehead atoms. The number of nitrogens with zero attached hydrogens (tertiary/aromatic N) is 2. The first-order valence-electron chi connectivity index (χ1n) is 10.0. The monoisotopic (exact) mass is 431 g/mol. The summed E-state index contributed by atoms with van der Waals surface area (Å²) in [6.45, 7) is 1.89. The van der Waals surface area contributed by atoms with Crippen molar-refractivity contribution >= 4 is 33.3 Å². The average molecular weight is 432 g/mol. The molecular weight excluding hydrogens is 410 g/mol. The number of anilines is 1. The van der Waals surface area contributed by atoms with Gasteiger partial charge >= 0.3 is 0 Å². The minimum atomic E-state index is -0.987. The van der Waals surface area contributed by atoms with E-state index in [1.54, 1.807) is 4.68 Å². The highest BCUT2D eigenvalue weighted by Crippen LogP contribution is 2.31. The van der Waals surface area contributed by atoms with Crippen LogP contribution < -0.4 is 10.1 Å². The van der Waals surface area contributed by atoms with Crippen molar-refractivity contribution in [3.8, 4) is 11.4 Å². The number of aromatic nitrogens is 2. The van der Waals surface area contributed by atoms with Crippen LogP contribution in [0.2, 0.25) is 0 Å². The van der Waals surface area contributed by atoms with Crippen LogP contribution in [0.25, 0.3) is 16.5 Å². The van der Waals surface area contributed by atoms with Crippen molar-refractivity contribution in [3.05, 3.63) is 83.6 Å². The second kappa shape index (κ2) is 8.00. The molecule has 0 unspecified atom stereocenters. The van der Waals surface area contributed by atoms with E-state index in [9.17, 15) is 9.00 Å². The number of rotatable bonds is 5. The van der Waals surface area contributed by atoms with Crippen LogP contribution in [0.4, 0.5) is 5.82 Å². The van der Waals surface area contributed by atoms with E-state index in [2.05, 4.69) is 10.4 Å². The molecule has 7 heteroatoms. The van der Waals surface area contributed by atoms with Gasteiger partial charge in [0, 0.05) is 16.4 Å². The predicted octanol–water partition coefficient (Wildman–Crippen LogP) is 4.11. The predicted molar refractivity (Wildman–Crippen MR) is 122 cm³/mol. The van der Waals surface area contributed by atoms with E-state index >= 15 is 0 Å². The maximum absolute atomic E-state index is 12.7. The Kier molecular flexibility index (Phi) is 5.03. The molecule has 31 heavy (non-hydrogen) atoms. The molecule has 1 amide bonds. The molecule has 2 heterocycles. The second-order valence-corrected chi connectivity index (χ2v) is 9.05. The molecule has 1 aliphatic heterocycles. The van der Waals surface area contributed by atoms with Gasteiger partial charge in [-0.2, -0.15) is 5.10 Å². The summed E-state index contributed by atoms with van der Waals surface area (Å²) in [5.74, 6) is 1.71. The maximum atomic E-state index is 12.7. The lowest BCUT2D eigenvalue weighted by atomic mass is 10.1. The van der Waals surface area contributed by atoms with Gasteiger partial charge in [-0.1, -0.05) is 48.0 Å². The number of amides is 1. The van der Waals surface area contributed by atoms with E-state index < -0.39 is 10.8 Å². The molecule has 4 aromatic rings. The van der Waals surface area contributed by atoms with Crippen molar-refractivity contribution in [1.82, 2.24) is 9.78 Å². The first kappa shape index (κ1) is 19.5. The van der Waals surface area contributed by atoms with Crippen LogP contribution in [-0.4, -0.2) is 26.5 Å². The summed E-state index contributed by atoms with van der Waals surface area (Å²) in [5, 5.41) is 9.72. The third kappa shape index (κ3) is 3.96. The topological polar surface area (TPSA) is 73.2 Å². The summed E-state index contributed by atoms with van der Waals surface area (Å²) < 4.78 is 19.5. The number of aryl methyl sites for hydroxylation is 1. The quantitative estimate of drug-likeness (QED) is 0.516. The summed E-state index contributed by atoms with van der Waals surface area (Å²) in [7, 11) is -0.987. The third-order valence-electron chi connectivity index (χ3n) is 5.30. The highest BCUT2D eigenvalue weighted by atomic mass is 32.2. The minimum Gasteiger partial charge on any atom is -0.484 e. The molecule has 1 N–H and O–H groups in total. The van der Waals surface area contributed by atoms with E-state index in [1.165, 1.54) is 0 Å². The summed E-state index contributed by atoms with van der Waals surface area (Å²) in [6.07, 6.45) is 0. The first-order valence-corrected chi connectivity index (χ1v) is 11.5. The number of carbonyl (C=O) groups is 1. The van der Waals surface area contributed by atoms with Crippen LogP contribution in [0.1, 0.15) is 16.8 Å². The first-order chi connectivity index (χ1) is 15.1. The van der Waals surface area contributed by atoms with Gasteiger partial charge in [0.1, 0.15) is 11.6 Å². The van der Waals surface area contributed by atoms with Gasteiger partial charge in [0.2, 0.25) is 0 Å². The minimum absolute atomic E-state index is 0.130. The van der Waals surface area contributed by atoms with Crippen molar-refractivity contribution < 1.29 is 13.7 Å². The second-order valence-electron chi connectivity index (χ2n) is 7.60. The van der Waals surface area contributed by atoms with Crippen molar-refractivity contribution in [2.24, 2.45) is 0 Å². The average Bonchev–Trinajstić information content (AvgIpc) is 3.29. The summed E-state index contributed by atoms with van der Waals surface area (Å²) >= 11 is 0. The molecule has 0 aliphatic carbocycles. The van der Waals surface area contributed by atoms with Crippen LogP contribution in [0, 0.1) is 6.92 Å². The Morgan fingerprint density at radius 2 is 1.84 bits per heavy atom. The van der Waals surface area contributed by atoms with E-state index in [0.717, 1.165) is 33.3 Å². The molecule has 0 saturated carbocycles. The Bertz CT molecular complexity index is 1310. The van der Waals surface area contributed by atoms with Crippen LogP contribution in [0.5, 0.6) is 5.75 Å². The highest BCUT2D eigenvalue weighted by molar-refractivity contribution is 7.83. The number of nitrogens with one attached hydrogen (secondary N) is 1. The molecule has 1 atom stereocenters. The fourth-order valence-electron chi connectivity index (χ4n) is 3.70. The molecule has 6 nitrogen and oxygen atoms in total. The zero-order chi connectivity index (χ0) is 21.4. The van der Waals surface area contributed by atoms with Gasteiger partial charge in [-0.25, -0.2) is 4.68 Å². The fourth-order valence-corrected chi connectivity index (χ4v) is 4.97. The van der Waals surface area contributed by atoms with Crippen LogP contribution in [0.15, 0.2) is 66.7 Å². The fraction of sp³-hybridized carbons (Fsp3) is 0.167. The zero-order valence-corrected chi connectivity index (χ0v) is 17.8. The van der Waals surface area contributed by atoms with Crippen LogP contribution in [-0.2, 0) is 27.1 Å². The van der Waals surface area contributed by atoms with Crippen molar-refractivity contribution in [1.29, 1.82) is 0 Å². The van der Waals surface area contributed by atoms with Gasteiger partial charge in [-0.3, -0.25) is 9.00 Å². The van der Waals surface area contributed by atoms with Gasteiger partial charge in [-0.05, 0) is 42.0 Å². The van der Waals surface area contributed by atoms with Gasteiger partial charge < -0.3 is 10.1 Å². The largest absolute Gasteiger partial charge is 0.484 e. The Hall–Kier alpha value is -3.45. The van der Waals surface area contributed by atoms with Crippen molar-refractivity contribution in [2.75, 3.05) is 11.9 Å². The number of hydrogen-bond acceptors (Lipinski definition) is 4. The summed E-state index contributed by atoms with van der Waals surface area (Å²) in [5.41, 5.74) is 3.58. The van der Waals surface area contributed by atoms with Gasteiger partial charge in [0.25, 0.3) is 5.91 Å². The Balaban J connectivity index is 1.36. The molecule has 3 aromatic carbocycles. The van der Waals surface area contributed by atoms with Gasteiger partial charge in [-0.15, -0.1) is 0 Å². The number of hydrogen-bond donors (Lipinski definition) is 1. The standard InChI is InChI=1S/C24H21N3O3S/c1-16-6-9-19(10-7-16)27-24(21-14-31(29)15-22(21)26-27)25-23(28)13-30-20-11-8-17-4-2-3-5-18(17)12-20/h2-12H,13-15H2,1H3,(H,25,28)/t31-/m1/s1. The Labute approximate surface area is 182 Å². The van der Waals surface area contributed by atoms with Gasteiger partial charge in [0.05, 0.1) is 22.9 Å². The van der Waals surface area contributed by atoms with E-state index in [-0.39, 0.29) is 12.5 Å². The lowest BCUT2D eigenvalue weighted by molar-refractivity contribution is -0.118. The Morgan fingerprint density at radius 3 is 2.65 bits per heavy atom. The lowest BCUT2D eigenvalue weighted by Crippen LogP contribution is -2.22. The molecule has 0 saturated heterocycles. The molecule has 0 spiro atoms. The molecule has 0 radical (unpaired) electrons.